The van der Waals surface area contributed by atoms with Gasteiger partial charge >= 0.3 is 0 Å². The molecule has 3 heteroatoms. The van der Waals surface area contributed by atoms with Crippen LogP contribution >= 0.6 is 0 Å². The van der Waals surface area contributed by atoms with Crippen molar-refractivity contribution in [1.82, 2.24) is 10.2 Å². The molecule has 2 aliphatic heterocycles. The van der Waals surface area contributed by atoms with Crippen LogP contribution in [-0.4, -0.2) is 43.7 Å². The minimum atomic E-state index is 0.758. The Labute approximate surface area is 93.4 Å². The van der Waals surface area contributed by atoms with Crippen LogP contribution in [0.2, 0.25) is 0 Å². The third-order valence-corrected chi connectivity index (χ3v) is 3.93. The van der Waals surface area contributed by atoms with Crippen molar-refractivity contribution >= 4 is 0 Å². The van der Waals surface area contributed by atoms with E-state index in [0.717, 1.165) is 18.5 Å². The lowest BCUT2D eigenvalue weighted by molar-refractivity contribution is 0.162. The number of hydrogen-bond donors (Lipinski definition) is 2. The summed E-state index contributed by atoms with van der Waals surface area (Å²) in [6.45, 7) is 5.90. The molecule has 1 atom stereocenters. The molecule has 2 aliphatic rings. The fourth-order valence-corrected chi connectivity index (χ4v) is 2.80. The molecule has 2 saturated heterocycles. The van der Waals surface area contributed by atoms with Gasteiger partial charge in [0.2, 0.25) is 0 Å². The topological polar surface area (TPSA) is 41.3 Å². The maximum absolute atomic E-state index is 5.70. The Morgan fingerprint density at radius 3 is 2.53 bits per heavy atom. The van der Waals surface area contributed by atoms with E-state index in [1.807, 2.05) is 0 Å². The Morgan fingerprint density at radius 1 is 1.13 bits per heavy atom. The predicted molar refractivity (Wildman–Crippen MR) is 63.9 cm³/mol. The van der Waals surface area contributed by atoms with Gasteiger partial charge in [0.1, 0.15) is 0 Å². The summed E-state index contributed by atoms with van der Waals surface area (Å²) in [6, 6.07) is 0.758. The largest absolute Gasteiger partial charge is 0.330 e. The molecular formula is C12H25N3. The highest BCUT2D eigenvalue weighted by molar-refractivity contribution is 4.79. The number of nitrogens with zero attached hydrogens (tertiary/aromatic N) is 1. The Bertz CT molecular complexity index is 170. The lowest BCUT2D eigenvalue weighted by atomic mass is 9.96. The molecule has 2 heterocycles. The number of likely N-dealkylation sites (tertiary alicyclic amines) is 1. The van der Waals surface area contributed by atoms with Gasteiger partial charge in [-0.2, -0.15) is 0 Å². The average Bonchev–Trinajstić information content (AvgIpc) is 2.31. The molecule has 3 N–H and O–H groups in total. The maximum Gasteiger partial charge on any atom is 0.0195 e. The lowest BCUT2D eigenvalue weighted by Gasteiger charge is -2.35. The highest BCUT2D eigenvalue weighted by Gasteiger charge is 2.21. The highest BCUT2D eigenvalue weighted by atomic mass is 15.2. The van der Waals surface area contributed by atoms with Gasteiger partial charge in [-0.3, -0.25) is 0 Å². The Balaban J connectivity index is 1.67. The highest BCUT2D eigenvalue weighted by Crippen LogP contribution is 2.17. The van der Waals surface area contributed by atoms with Gasteiger partial charge in [-0.15, -0.1) is 0 Å². The van der Waals surface area contributed by atoms with E-state index < -0.39 is 0 Å². The smallest absolute Gasteiger partial charge is 0.0195 e. The molecule has 3 nitrogen and oxygen atoms in total. The van der Waals surface area contributed by atoms with Gasteiger partial charge in [0.05, 0.1) is 0 Å². The quantitative estimate of drug-likeness (QED) is 0.725. The SMILES string of the molecule is NCC1CCN(CC2CCCCN2)CC1. The second kappa shape index (κ2) is 5.83. The van der Waals surface area contributed by atoms with E-state index in [1.54, 1.807) is 0 Å². The van der Waals surface area contributed by atoms with Crippen LogP contribution in [0.3, 0.4) is 0 Å². The van der Waals surface area contributed by atoms with Crippen LogP contribution in [0.4, 0.5) is 0 Å². The minimum absolute atomic E-state index is 0.758. The summed E-state index contributed by atoms with van der Waals surface area (Å²) < 4.78 is 0. The normalized spacial score (nSPS) is 30.6. The molecule has 0 spiro atoms. The molecule has 0 radical (unpaired) electrons. The zero-order chi connectivity index (χ0) is 10.5. The van der Waals surface area contributed by atoms with E-state index in [0.29, 0.717) is 0 Å². The first-order valence-electron chi connectivity index (χ1n) is 6.54. The first-order valence-corrected chi connectivity index (χ1v) is 6.54. The molecule has 88 valence electrons. The van der Waals surface area contributed by atoms with Gasteiger partial charge in [-0.05, 0) is 57.8 Å². The molecule has 2 rings (SSSR count). The monoisotopic (exact) mass is 211 g/mol. The second-order valence-electron chi connectivity index (χ2n) is 5.13. The third-order valence-electron chi connectivity index (χ3n) is 3.93. The van der Waals surface area contributed by atoms with Gasteiger partial charge < -0.3 is 16.0 Å². The van der Waals surface area contributed by atoms with Gasteiger partial charge in [0.15, 0.2) is 0 Å². The first-order chi connectivity index (χ1) is 7.38. The van der Waals surface area contributed by atoms with Crippen molar-refractivity contribution in [2.75, 3.05) is 32.7 Å². The lowest BCUT2D eigenvalue weighted by Crippen LogP contribution is -2.46. The Morgan fingerprint density at radius 2 is 1.93 bits per heavy atom. The number of piperidine rings is 2. The van der Waals surface area contributed by atoms with Crippen LogP contribution < -0.4 is 11.1 Å². The van der Waals surface area contributed by atoms with Gasteiger partial charge in [0.25, 0.3) is 0 Å². The van der Waals surface area contributed by atoms with Crippen LogP contribution in [0.1, 0.15) is 32.1 Å². The van der Waals surface area contributed by atoms with E-state index in [9.17, 15) is 0 Å². The standard InChI is InChI=1S/C12H25N3/c13-9-11-4-7-15(8-5-11)10-12-3-1-2-6-14-12/h11-12,14H,1-10,13H2. The summed E-state index contributed by atoms with van der Waals surface area (Å²) in [4.78, 5) is 2.62. The van der Waals surface area contributed by atoms with Crippen molar-refractivity contribution in [2.24, 2.45) is 11.7 Å². The van der Waals surface area contributed by atoms with Crippen LogP contribution in [0.25, 0.3) is 0 Å². The summed E-state index contributed by atoms with van der Waals surface area (Å²) in [5.41, 5.74) is 5.70. The zero-order valence-corrected chi connectivity index (χ0v) is 9.75. The van der Waals surface area contributed by atoms with Crippen molar-refractivity contribution in [2.45, 2.75) is 38.1 Å². The molecule has 0 amide bonds. The Hall–Kier alpha value is -0.120. The van der Waals surface area contributed by atoms with Crippen LogP contribution in [0.15, 0.2) is 0 Å². The Kier molecular flexibility index (Phi) is 4.42. The predicted octanol–water partition coefficient (Wildman–Crippen LogP) is 0.799. The molecule has 2 fully saturated rings. The molecule has 0 aromatic rings. The minimum Gasteiger partial charge on any atom is -0.330 e. The molecule has 0 saturated carbocycles. The fourth-order valence-electron chi connectivity index (χ4n) is 2.80. The summed E-state index contributed by atoms with van der Waals surface area (Å²) in [7, 11) is 0. The van der Waals surface area contributed by atoms with Gasteiger partial charge in [-0.1, -0.05) is 6.42 Å². The molecule has 15 heavy (non-hydrogen) atoms. The van der Waals surface area contributed by atoms with E-state index in [1.165, 1.54) is 58.3 Å². The summed E-state index contributed by atoms with van der Waals surface area (Å²) in [5, 5.41) is 3.63. The van der Waals surface area contributed by atoms with Gasteiger partial charge in [0, 0.05) is 12.6 Å². The molecule has 0 aromatic heterocycles. The van der Waals surface area contributed by atoms with Crippen molar-refractivity contribution in [3.8, 4) is 0 Å². The van der Waals surface area contributed by atoms with Crippen molar-refractivity contribution < 1.29 is 0 Å². The van der Waals surface area contributed by atoms with Crippen molar-refractivity contribution in [3.05, 3.63) is 0 Å². The van der Waals surface area contributed by atoms with Crippen molar-refractivity contribution in [3.63, 3.8) is 0 Å². The first kappa shape index (κ1) is 11.4. The molecule has 0 bridgehead atoms. The van der Waals surface area contributed by atoms with E-state index in [2.05, 4.69) is 10.2 Å². The van der Waals surface area contributed by atoms with Crippen molar-refractivity contribution in [1.29, 1.82) is 0 Å². The van der Waals surface area contributed by atoms with E-state index in [4.69, 9.17) is 5.73 Å². The molecular weight excluding hydrogens is 186 g/mol. The van der Waals surface area contributed by atoms with Gasteiger partial charge in [-0.25, -0.2) is 0 Å². The number of rotatable bonds is 3. The molecule has 0 aromatic carbocycles. The summed E-state index contributed by atoms with van der Waals surface area (Å²) >= 11 is 0. The van der Waals surface area contributed by atoms with E-state index in [-0.39, 0.29) is 0 Å². The van der Waals surface area contributed by atoms with Crippen LogP contribution in [-0.2, 0) is 0 Å². The third kappa shape index (κ3) is 3.44. The maximum atomic E-state index is 5.70. The van der Waals surface area contributed by atoms with Crippen LogP contribution in [0.5, 0.6) is 0 Å². The average molecular weight is 211 g/mol. The molecule has 1 unspecified atom stereocenters. The van der Waals surface area contributed by atoms with E-state index >= 15 is 0 Å². The molecule has 0 aliphatic carbocycles. The summed E-state index contributed by atoms with van der Waals surface area (Å²) in [5.74, 6) is 0.792. The summed E-state index contributed by atoms with van der Waals surface area (Å²) in [6.07, 6.45) is 6.77. The van der Waals surface area contributed by atoms with Crippen LogP contribution in [0, 0.1) is 5.92 Å². The zero-order valence-electron chi connectivity index (χ0n) is 9.75. The number of hydrogen-bond acceptors (Lipinski definition) is 3. The number of nitrogens with two attached hydrogens (primary N) is 1. The fraction of sp³-hybridized carbons (Fsp3) is 1.00. The number of nitrogens with one attached hydrogen (secondary N) is 1. The second-order valence-corrected chi connectivity index (χ2v) is 5.13.